The number of carbonyl (C=O) groups is 2. The van der Waals surface area contributed by atoms with Crippen molar-refractivity contribution in [2.24, 2.45) is 0 Å². The monoisotopic (exact) mass is 238 g/mol. The molecule has 3 nitrogen and oxygen atoms in total. The van der Waals surface area contributed by atoms with Gasteiger partial charge in [-0.05, 0) is 36.4 Å². The van der Waals surface area contributed by atoms with E-state index in [1.165, 1.54) is 0 Å². The number of rotatable bonds is 3. The van der Waals surface area contributed by atoms with E-state index in [0.29, 0.717) is 16.8 Å². The van der Waals surface area contributed by atoms with Gasteiger partial charge in [0.2, 0.25) is 0 Å². The topological polar surface area (TPSA) is 46.2 Å². The van der Waals surface area contributed by atoms with Gasteiger partial charge in [-0.25, -0.2) is 0 Å². The molecule has 0 aliphatic rings. The van der Waals surface area contributed by atoms with Crippen molar-refractivity contribution in [2.75, 3.05) is 5.32 Å². The molecule has 0 aliphatic carbocycles. The molecule has 89 valence electrons. The maximum absolute atomic E-state index is 11.8. The number of ketones is 1. The van der Waals surface area contributed by atoms with Crippen LogP contribution in [0.2, 0.25) is 0 Å². The maximum atomic E-state index is 11.8. The molecule has 0 atom stereocenters. The molecular weight excluding hydrogens is 226 g/mol. The van der Waals surface area contributed by atoms with Gasteiger partial charge in [0.15, 0.2) is 5.78 Å². The van der Waals surface area contributed by atoms with Crippen LogP contribution in [0.1, 0.15) is 20.7 Å². The summed E-state index contributed by atoms with van der Waals surface area (Å²) in [5, 5.41) is 2.75. The third-order valence-corrected chi connectivity index (χ3v) is 2.50. The number of hydrogen-bond acceptors (Lipinski definition) is 2. The highest BCUT2D eigenvalue weighted by Crippen LogP contribution is 2.11. The molecule has 0 heterocycles. The predicted octanol–water partition coefficient (Wildman–Crippen LogP) is 2.96. The van der Waals surface area contributed by atoms with E-state index in [0.717, 1.165) is 0 Å². The van der Waals surface area contributed by atoms with Crippen molar-refractivity contribution in [1.82, 2.24) is 0 Å². The van der Waals surface area contributed by atoms with Crippen LogP contribution in [-0.4, -0.2) is 11.7 Å². The Morgan fingerprint density at radius 1 is 0.833 bits per heavy atom. The summed E-state index contributed by atoms with van der Waals surface area (Å²) >= 11 is 0. The fourth-order valence-electron chi connectivity index (χ4n) is 1.53. The zero-order valence-corrected chi connectivity index (χ0v) is 9.72. The summed E-state index contributed by atoms with van der Waals surface area (Å²) in [5.41, 5.74) is 1.76. The van der Waals surface area contributed by atoms with Crippen molar-refractivity contribution >= 4 is 17.4 Å². The van der Waals surface area contributed by atoms with Gasteiger partial charge >= 0.3 is 0 Å². The lowest BCUT2D eigenvalue weighted by atomic mass is 10.1. The summed E-state index contributed by atoms with van der Waals surface area (Å²) in [6.07, 6.45) is 0. The van der Waals surface area contributed by atoms with Crippen LogP contribution in [0.4, 0.5) is 5.69 Å². The molecule has 0 unspecified atom stereocenters. The number of anilines is 1. The highest BCUT2D eigenvalue weighted by atomic mass is 16.1. The highest BCUT2D eigenvalue weighted by molar-refractivity contribution is 6.04. The van der Waals surface area contributed by atoms with Crippen molar-refractivity contribution in [2.45, 2.75) is 0 Å². The first kappa shape index (κ1) is 12.0. The van der Waals surface area contributed by atoms with Crippen molar-refractivity contribution < 1.29 is 9.59 Å². The summed E-state index contributed by atoms with van der Waals surface area (Å²) < 4.78 is 0. The lowest BCUT2D eigenvalue weighted by molar-refractivity contribution is 0.102. The first-order chi connectivity index (χ1) is 8.66. The first-order valence-corrected chi connectivity index (χ1v) is 5.49. The smallest absolute Gasteiger partial charge is 0.255 e. The summed E-state index contributed by atoms with van der Waals surface area (Å²) in [4.78, 5) is 22.8. The Labute approximate surface area is 105 Å². The molecule has 2 rings (SSSR count). The molecule has 1 N–H and O–H groups in total. The van der Waals surface area contributed by atoms with E-state index in [4.69, 9.17) is 0 Å². The Hall–Kier alpha value is -2.42. The van der Waals surface area contributed by atoms with E-state index >= 15 is 0 Å². The number of amides is 1. The van der Waals surface area contributed by atoms with E-state index in [1.807, 2.05) is 6.07 Å². The third kappa shape index (κ3) is 2.83. The Balaban J connectivity index is 2.10. The molecule has 0 aliphatic heterocycles. The van der Waals surface area contributed by atoms with E-state index in [2.05, 4.69) is 12.2 Å². The van der Waals surface area contributed by atoms with Crippen molar-refractivity contribution in [1.29, 1.82) is 0 Å². The van der Waals surface area contributed by atoms with E-state index in [1.54, 1.807) is 48.5 Å². The third-order valence-electron chi connectivity index (χ3n) is 2.50. The second-order valence-electron chi connectivity index (χ2n) is 3.82. The van der Waals surface area contributed by atoms with Crippen LogP contribution in [-0.2, 0) is 0 Å². The molecule has 0 aromatic heterocycles. The Bertz CT molecular complexity index is 559. The second-order valence-corrected chi connectivity index (χ2v) is 3.82. The first-order valence-electron chi connectivity index (χ1n) is 5.49. The lowest BCUT2D eigenvalue weighted by Gasteiger charge is -2.05. The van der Waals surface area contributed by atoms with Crippen LogP contribution < -0.4 is 5.32 Å². The van der Waals surface area contributed by atoms with Gasteiger partial charge in [0.05, 0.1) is 0 Å². The standard InChI is InChI=1S/C15H12NO2/c1-11(17)12-7-9-14(10-8-12)16-15(18)13-5-3-2-4-6-13/h2-10H,1H2,(H,16,18). The summed E-state index contributed by atoms with van der Waals surface area (Å²) in [6, 6.07) is 15.6. The number of Topliss-reactive ketones (excluding diaryl/α,β-unsaturated/α-hetero) is 1. The average molecular weight is 238 g/mol. The van der Waals surface area contributed by atoms with Gasteiger partial charge in [-0.1, -0.05) is 18.2 Å². The van der Waals surface area contributed by atoms with E-state index in [-0.39, 0.29) is 11.7 Å². The van der Waals surface area contributed by atoms with Crippen LogP contribution in [0.3, 0.4) is 0 Å². The molecule has 3 heteroatoms. The number of carbonyl (C=O) groups excluding carboxylic acids is 2. The minimum absolute atomic E-state index is 0.177. The molecular formula is C15H12NO2. The Kier molecular flexibility index (Phi) is 3.53. The fourth-order valence-corrected chi connectivity index (χ4v) is 1.53. The average Bonchev–Trinajstić information content (AvgIpc) is 2.40. The van der Waals surface area contributed by atoms with Gasteiger partial charge in [0.1, 0.15) is 0 Å². The molecule has 1 amide bonds. The fraction of sp³-hybridized carbons (Fsp3) is 0. The van der Waals surface area contributed by atoms with Crippen LogP contribution in [0.25, 0.3) is 0 Å². The van der Waals surface area contributed by atoms with E-state index in [9.17, 15) is 9.59 Å². The van der Waals surface area contributed by atoms with E-state index < -0.39 is 0 Å². The zero-order chi connectivity index (χ0) is 13.0. The molecule has 1 radical (unpaired) electrons. The minimum Gasteiger partial charge on any atom is -0.322 e. The predicted molar refractivity (Wildman–Crippen MR) is 70.5 cm³/mol. The number of nitrogens with one attached hydrogen (secondary N) is 1. The molecule has 18 heavy (non-hydrogen) atoms. The molecule has 0 saturated carbocycles. The van der Waals surface area contributed by atoms with Crippen LogP contribution >= 0.6 is 0 Å². The number of hydrogen-bond donors (Lipinski definition) is 1. The van der Waals surface area contributed by atoms with Crippen LogP contribution in [0, 0.1) is 6.92 Å². The second kappa shape index (κ2) is 5.27. The van der Waals surface area contributed by atoms with Crippen molar-refractivity contribution in [3.05, 3.63) is 72.6 Å². The Morgan fingerprint density at radius 2 is 1.44 bits per heavy atom. The summed E-state index contributed by atoms with van der Waals surface area (Å²) in [5.74, 6) is -0.416. The molecule has 2 aromatic carbocycles. The molecule has 0 fully saturated rings. The lowest BCUT2D eigenvalue weighted by Crippen LogP contribution is -2.11. The van der Waals surface area contributed by atoms with Gasteiger partial charge in [-0.3, -0.25) is 9.59 Å². The zero-order valence-electron chi connectivity index (χ0n) is 9.72. The largest absolute Gasteiger partial charge is 0.322 e. The Morgan fingerprint density at radius 3 is 2.00 bits per heavy atom. The van der Waals surface area contributed by atoms with Gasteiger partial charge in [0, 0.05) is 23.7 Å². The minimum atomic E-state index is -0.240. The SMILES string of the molecule is [CH2]C(=O)c1ccc(NC(=O)c2ccccc2)cc1. The van der Waals surface area contributed by atoms with Gasteiger partial charge in [-0.2, -0.15) is 0 Å². The van der Waals surface area contributed by atoms with Gasteiger partial charge < -0.3 is 5.32 Å². The maximum Gasteiger partial charge on any atom is 0.255 e. The molecule has 0 saturated heterocycles. The van der Waals surface area contributed by atoms with Crippen molar-refractivity contribution in [3.63, 3.8) is 0 Å². The van der Waals surface area contributed by atoms with Crippen LogP contribution in [0.5, 0.6) is 0 Å². The number of benzene rings is 2. The summed E-state index contributed by atoms with van der Waals surface area (Å²) in [6.45, 7) is 3.32. The quantitative estimate of drug-likeness (QED) is 0.835. The molecule has 0 bridgehead atoms. The molecule has 2 aromatic rings. The molecule has 0 spiro atoms. The van der Waals surface area contributed by atoms with Crippen molar-refractivity contribution in [3.8, 4) is 0 Å². The van der Waals surface area contributed by atoms with Gasteiger partial charge in [-0.15, -0.1) is 0 Å². The van der Waals surface area contributed by atoms with Crippen LogP contribution in [0.15, 0.2) is 54.6 Å². The van der Waals surface area contributed by atoms with Gasteiger partial charge in [0.25, 0.3) is 5.91 Å². The highest BCUT2D eigenvalue weighted by Gasteiger charge is 2.05. The summed E-state index contributed by atoms with van der Waals surface area (Å²) in [7, 11) is 0. The normalized spacial score (nSPS) is 9.83.